The van der Waals surface area contributed by atoms with Gasteiger partial charge in [0.2, 0.25) is 5.82 Å². The molecular weight excluding hydrogens is 825 g/mol. The summed E-state index contributed by atoms with van der Waals surface area (Å²) >= 11 is 0. The molecule has 1 amide bonds. The summed E-state index contributed by atoms with van der Waals surface area (Å²) in [4.78, 5) is 40.5. The van der Waals surface area contributed by atoms with Crippen molar-refractivity contribution in [3.05, 3.63) is 172 Å². The molecule has 1 saturated heterocycles. The highest BCUT2D eigenvalue weighted by atomic mass is 19.1. The maximum absolute atomic E-state index is 13.4. The molecule has 0 spiro atoms. The summed E-state index contributed by atoms with van der Waals surface area (Å²) in [5.41, 5.74) is 4.01. The maximum Gasteiger partial charge on any atom is 0.329 e. The van der Waals surface area contributed by atoms with E-state index in [0.29, 0.717) is 42.1 Å². The number of tetrazole rings is 1. The van der Waals surface area contributed by atoms with Crippen molar-refractivity contribution in [1.29, 1.82) is 0 Å². The Labute approximate surface area is 367 Å². The molecule has 5 aromatic carbocycles. The molecule has 64 heavy (non-hydrogen) atoms. The molecule has 0 atom stereocenters. The number of aromatic amines is 1. The number of fused-ring (bicyclic) bond motifs is 1. The van der Waals surface area contributed by atoms with E-state index in [9.17, 15) is 23.2 Å². The third-order valence-electron chi connectivity index (χ3n) is 10.6. The predicted octanol–water partition coefficient (Wildman–Crippen LogP) is 7.40. The number of para-hydroxylation sites is 1. The number of rotatable bonds is 17. The van der Waals surface area contributed by atoms with Crippen molar-refractivity contribution in [1.82, 2.24) is 30.4 Å². The van der Waals surface area contributed by atoms with Gasteiger partial charge < -0.3 is 24.3 Å². The van der Waals surface area contributed by atoms with Gasteiger partial charge in [-0.3, -0.25) is 19.4 Å². The van der Waals surface area contributed by atoms with Gasteiger partial charge in [-0.2, -0.15) is 5.21 Å². The number of anilines is 1. The number of carbonyl (C=O) groups excluding carboxylic acids is 1. The Morgan fingerprint density at radius 1 is 0.812 bits per heavy atom. The van der Waals surface area contributed by atoms with Crippen molar-refractivity contribution in [2.24, 2.45) is 0 Å². The Morgan fingerprint density at radius 3 is 2.14 bits per heavy atom. The van der Waals surface area contributed by atoms with Crippen LogP contribution in [0.4, 0.5) is 14.5 Å². The first-order valence-electron chi connectivity index (χ1n) is 20.9. The zero-order chi connectivity index (χ0) is 44.7. The second-order valence-corrected chi connectivity index (χ2v) is 15.0. The summed E-state index contributed by atoms with van der Waals surface area (Å²) in [6.07, 6.45) is 3.00. The second-order valence-electron chi connectivity index (χ2n) is 15.0. The number of aliphatic carboxylic acids is 1. The number of aromatic nitrogens is 4. The van der Waals surface area contributed by atoms with Crippen molar-refractivity contribution in [2.45, 2.75) is 25.3 Å². The topological polar surface area (TPSA) is 176 Å². The van der Waals surface area contributed by atoms with Gasteiger partial charge in [-0.1, -0.05) is 60.7 Å². The van der Waals surface area contributed by atoms with Crippen LogP contribution in [0.3, 0.4) is 0 Å². The number of benzene rings is 5. The van der Waals surface area contributed by atoms with Crippen molar-refractivity contribution in [2.75, 3.05) is 57.9 Å². The smallest absolute Gasteiger partial charge is 0.329 e. The lowest BCUT2D eigenvalue weighted by molar-refractivity contribution is -0.142. The fourth-order valence-electron chi connectivity index (χ4n) is 7.32. The van der Waals surface area contributed by atoms with Gasteiger partial charge >= 0.3 is 5.97 Å². The van der Waals surface area contributed by atoms with E-state index in [4.69, 9.17) is 19.0 Å². The SMILES string of the molecule is O=C(Nc1cccc2c(=O)cc(-c3nn[nH]n3)oc12)c1ccc(OCCCCc2ccccc2)cc1.O=C(O)COCCN1CCN(C(c2ccc(F)cc2)c2ccc(F)cc2)CC1. The molecule has 0 aliphatic carbocycles. The predicted molar refractivity (Wildman–Crippen MR) is 236 cm³/mol. The van der Waals surface area contributed by atoms with E-state index >= 15 is 0 Å². The molecular formula is C48H47F2N7O7. The average molecular weight is 872 g/mol. The second kappa shape index (κ2) is 22.3. The molecule has 1 aliphatic rings. The molecule has 3 N–H and O–H groups in total. The molecule has 330 valence electrons. The Kier molecular flexibility index (Phi) is 15.6. The van der Waals surface area contributed by atoms with Gasteiger partial charge in [-0.05, 0) is 102 Å². The standard InChI is InChI=1S/C27H23N5O4.C21H24F2N2O3/c33-23-17-24(26-29-31-32-30-26)36-25-21(23)10-6-11-22(25)28-27(34)19-12-14-20(15-13-19)35-16-5-4-9-18-7-2-1-3-8-18;22-18-5-1-16(2-6-18)21(17-3-7-19(23)8-4-17)25-11-9-24(10-12-25)13-14-28-15-20(26)27/h1-3,6-8,10-15,17H,4-5,9,16H2,(H,28,34)(H,29,30,31,32);1-8,21H,9-15H2,(H,26,27). The number of carboxylic acid groups (broad SMARTS) is 1. The number of hydrogen-bond donors (Lipinski definition) is 3. The van der Waals surface area contributed by atoms with Crippen LogP contribution in [0.15, 0.2) is 137 Å². The third-order valence-corrected chi connectivity index (χ3v) is 10.6. The quantitative estimate of drug-likeness (QED) is 0.0775. The summed E-state index contributed by atoms with van der Waals surface area (Å²) in [5.74, 6) is -0.887. The molecule has 14 nitrogen and oxygen atoms in total. The van der Waals surface area contributed by atoms with Crippen LogP contribution in [-0.4, -0.2) is 100.0 Å². The number of ether oxygens (including phenoxy) is 2. The van der Waals surface area contributed by atoms with Gasteiger partial charge in [0.15, 0.2) is 16.8 Å². The molecule has 0 unspecified atom stereocenters. The molecule has 1 fully saturated rings. The van der Waals surface area contributed by atoms with Gasteiger partial charge in [0.05, 0.1) is 30.3 Å². The summed E-state index contributed by atoms with van der Waals surface area (Å²) < 4.78 is 43.5. The highest BCUT2D eigenvalue weighted by molar-refractivity contribution is 6.08. The Balaban J connectivity index is 0.000000198. The van der Waals surface area contributed by atoms with Gasteiger partial charge in [0.1, 0.15) is 24.0 Å². The fourth-order valence-corrected chi connectivity index (χ4v) is 7.32. The first kappa shape index (κ1) is 44.9. The molecule has 16 heteroatoms. The van der Waals surface area contributed by atoms with Crippen molar-refractivity contribution in [3.63, 3.8) is 0 Å². The minimum Gasteiger partial charge on any atom is -0.494 e. The van der Waals surface area contributed by atoms with Crippen LogP contribution in [0.5, 0.6) is 5.75 Å². The Hall–Kier alpha value is -7.14. The molecule has 0 radical (unpaired) electrons. The number of carbonyl (C=O) groups is 2. The minimum absolute atomic E-state index is 0.0772. The molecule has 0 saturated carbocycles. The van der Waals surface area contributed by atoms with E-state index in [2.05, 4.69) is 47.9 Å². The number of unbranched alkanes of at least 4 members (excludes halogenated alkanes) is 1. The minimum atomic E-state index is -0.966. The zero-order valence-electron chi connectivity index (χ0n) is 34.9. The van der Waals surface area contributed by atoms with Gasteiger partial charge in [-0.25, -0.2) is 13.6 Å². The van der Waals surface area contributed by atoms with Gasteiger partial charge in [-0.15, -0.1) is 10.2 Å². The summed E-state index contributed by atoms with van der Waals surface area (Å²) in [6.45, 7) is 4.60. The Bertz CT molecular complexity index is 2580. The number of H-pyrrole nitrogens is 1. The zero-order valence-corrected chi connectivity index (χ0v) is 34.9. The lowest BCUT2D eigenvalue weighted by Gasteiger charge is -2.39. The van der Waals surface area contributed by atoms with E-state index < -0.39 is 5.97 Å². The van der Waals surface area contributed by atoms with Crippen LogP contribution in [0.25, 0.3) is 22.6 Å². The lowest BCUT2D eigenvalue weighted by Crippen LogP contribution is -2.48. The molecule has 1 aliphatic heterocycles. The number of hydrogen-bond acceptors (Lipinski definition) is 11. The highest BCUT2D eigenvalue weighted by Crippen LogP contribution is 2.30. The molecule has 3 heterocycles. The summed E-state index contributed by atoms with van der Waals surface area (Å²) in [7, 11) is 0. The van der Waals surface area contributed by atoms with Crippen molar-refractivity contribution in [3.8, 4) is 17.3 Å². The van der Waals surface area contributed by atoms with Gasteiger partial charge in [0.25, 0.3) is 5.91 Å². The Morgan fingerprint density at radius 2 is 1.50 bits per heavy atom. The lowest BCUT2D eigenvalue weighted by atomic mass is 9.96. The number of aryl methyl sites for hydroxylation is 1. The number of halogens is 2. The summed E-state index contributed by atoms with van der Waals surface area (Å²) in [6, 6.07) is 36.4. The molecule has 7 aromatic rings. The van der Waals surface area contributed by atoms with E-state index in [1.165, 1.54) is 35.9 Å². The monoisotopic (exact) mass is 871 g/mol. The van der Waals surface area contributed by atoms with Gasteiger partial charge in [0, 0.05) is 44.4 Å². The highest BCUT2D eigenvalue weighted by Gasteiger charge is 2.26. The molecule has 2 aromatic heterocycles. The number of nitrogens with one attached hydrogen (secondary N) is 2. The summed E-state index contributed by atoms with van der Waals surface area (Å²) in [5, 5.41) is 25.3. The number of nitrogens with zero attached hydrogens (tertiary/aromatic N) is 5. The number of piperazine rings is 1. The van der Waals surface area contributed by atoms with Crippen LogP contribution >= 0.6 is 0 Å². The van der Waals surface area contributed by atoms with Crippen LogP contribution in [-0.2, 0) is 16.0 Å². The van der Waals surface area contributed by atoms with Crippen LogP contribution < -0.4 is 15.5 Å². The van der Waals surface area contributed by atoms with E-state index in [0.717, 1.165) is 56.6 Å². The van der Waals surface area contributed by atoms with Crippen LogP contribution in [0, 0.1) is 11.6 Å². The third kappa shape index (κ3) is 12.5. The maximum atomic E-state index is 13.4. The molecule has 0 bridgehead atoms. The molecule has 8 rings (SSSR count). The fraction of sp³-hybridized carbons (Fsp3) is 0.250. The van der Waals surface area contributed by atoms with Crippen LogP contribution in [0.1, 0.15) is 45.9 Å². The average Bonchev–Trinajstić information content (AvgIpc) is 3.86. The van der Waals surface area contributed by atoms with Crippen LogP contribution in [0.2, 0.25) is 0 Å². The first-order chi connectivity index (χ1) is 31.2. The number of amides is 1. The normalized spacial score (nSPS) is 13.0. The van der Waals surface area contributed by atoms with E-state index in [-0.39, 0.29) is 52.8 Å². The van der Waals surface area contributed by atoms with E-state index in [1.54, 1.807) is 66.7 Å². The number of carboxylic acids is 1. The first-order valence-corrected chi connectivity index (χ1v) is 20.9. The van der Waals surface area contributed by atoms with Crippen molar-refractivity contribution < 1.29 is 37.4 Å². The largest absolute Gasteiger partial charge is 0.494 e. The van der Waals surface area contributed by atoms with E-state index in [1.807, 2.05) is 18.2 Å². The van der Waals surface area contributed by atoms with Crippen molar-refractivity contribution >= 4 is 28.5 Å².